The Hall–Kier alpha value is -3.94. The first-order valence-electron chi connectivity index (χ1n) is 11.2. The molecule has 0 aliphatic heterocycles. The molecule has 33 heavy (non-hydrogen) atoms. The minimum absolute atomic E-state index is 0.639. The van der Waals surface area contributed by atoms with Crippen LogP contribution in [-0.4, -0.2) is 42.8 Å². The van der Waals surface area contributed by atoms with Crippen LogP contribution < -0.4 is 9.64 Å². The van der Waals surface area contributed by atoms with Crippen LogP contribution in [0.4, 0.5) is 5.95 Å². The van der Waals surface area contributed by atoms with E-state index in [4.69, 9.17) is 9.72 Å². The maximum Gasteiger partial charge on any atom is 0.214 e. The van der Waals surface area contributed by atoms with Gasteiger partial charge in [-0.1, -0.05) is 37.6 Å². The number of hydrogen-bond donors (Lipinski definition) is 0. The summed E-state index contributed by atoms with van der Waals surface area (Å²) in [5.41, 5.74) is 2.60. The van der Waals surface area contributed by atoms with Crippen molar-refractivity contribution in [3.63, 3.8) is 0 Å². The van der Waals surface area contributed by atoms with Crippen molar-refractivity contribution < 1.29 is 4.74 Å². The van der Waals surface area contributed by atoms with E-state index in [-0.39, 0.29) is 0 Å². The lowest BCUT2D eigenvalue weighted by Gasteiger charge is -2.25. The zero-order valence-corrected chi connectivity index (χ0v) is 19.1. The molecule has 0 amide bonds. The van der Waals surface area contributed by atoms with Crippen molar-refractivity contribution in [2.75, 3.05) is 18.6 Å². The predicted molar refractivity (Wildman–Crippen MR) is 129 cm³/mol. The maximum atomic E-state index is 5.45. The van der Waals surface area contributed by atoms with E-state index in [0.29, 0.717) is 6.54 Å². The van der Waals surface area contributed by atoms with E-state index in [1.54, 1.807) is 7.11 Å². The van der Waals surface area contributed by atoms with Crippen molar-refractivity contribution in [1.29, 1.82) is 0 Å². The van der Waals surface area contributed by atoms with Crippen LogP contribution in [0.25, 0.3) is 27.9 Å². The largest absolute Gasteiger partial charge is 0.497 e. The molecule has 0 unspecified atom stereocenters. The van der Waals surface area contributed by atoms with Gasteiger partial charge in [-0.3, -0.25) is 0 Å². The van der Waals surface area contributed by atoms with Gasteiger partial charge in [0.2, 0.25) is 5.95 Å². The highest BCUT2D eigenvalue weighted by Crippen LogP contribution is 2.30. The summed E-state index contributed by atoms with van der Waals surface area (Å²) in [4.78, 5) is 11.9. The van der Waals surface area contributed by atoms with Crippen molar-refractivity contribution in [1.82, 2.24) is 29.1 Å². The minimum atomic E-state index is 0.639. The number of anilines is 1. The van der Waals surface area contributed by atoms with Crippen molar-refractivity contribution in [2.45, 2.75) is 26.3 Å². The molecular formula is C25H27N7O. The molecule has 0 radical (unpaired) electrons. The molecule has 8 heteroatoms. The number of unbranched alkanes of at least 4 members (excludes halogenated alkanes) is 1. The van der Waals surface area contributed by atoms with Gasteiger partial charge in [-0.15, -0.1) is 10.2 Å². The van der Waals surface area contributed by atoms with Crippen LogP contribution in [-0.2, 0) is 13.6 Å². The average Bonchev–Trinajstić information content (AvgIpc) is 3.48. The predicted octanol–water partition coefficient (Wildman–Crippen LogP) is 4.49. The number of nitrogens with zero attached hydrogens (tertiary/aromatic N) is 7. The smallest absolute Gasteiger partial charge is 0.214 e. The fraction of sp³-hybridized carbons (Fsp3) is 0.280. The Morgan fingerprint density at radius 1 is 1.06 bits per heavy atom. The average molecular weight is 442 g/mol. The Bertz CT molecular complexity index is 1400. The number of rotatable bonds is 8. The van der Waals surface area contributed by atoms with Crippen LogP contribution in [0.2, 0.25) is 0 Å². The summed E-state index contributed by atoms with van der Waals surface area (Å²) in [5, 5.41) is 10.2. The standard InChI is InChI=1S/C25H27N7O/c1-4-5-14-31(17-22-26-13-15-30(22)2)25-27-21-12-7-6-11-20(21)24-29-28-23(32(24)25)18-9-8-10-19(16-18)33-3/h6-13,15-16H,4-5,14,17H2,1-3H3. The summed E-state index contributed by atoms with van der Waals surface area (Å²) in [6.45, 7) is 3.68. The van der Waals surface area contributed by atoms with Gasteiger partial charge in [0.1, 0.15) is 11.6 Å². The Morgan fingerprint density at radius 3 is 2.73 bits per heavy atom. The van der Waals surface area contributed by atoms with Gasteiger partial charge in [-0.2, -0.15) is 0 Å². The summed E-state index contributed by atoms with van der Waals surface area (Å²) in [6.07, 6.45) is 5.92. The Kier molecular flexibility index (Phi) is 5.64. The number of imidazole rings is 1. The number of ether oxygens (including phenoxy) is 1. The second-order valence-corrected chi connectivity index (χ2v) is 8.07. The molecule has 0 saturated carbocycles. The van der Waals surface area contributed by atoms with Gasteiger partial charge in [0, 0.05) is 36.9 Å². The maximum absolute atomic E-state index is 5.45. The fourth-order valence-electron chi connectivity index (χ4n) is 4.05. The van der Waals surface area contributed by atoms with E-state index in [9.17, 15) is 0 Å². The summed E-state index contributed by atoms with van der Waals surface area (Å²) >= 11 is 0. The normalized spacial score (nSPS) is 11.4. The topological polar surface area (TPSA) is 73.4 Å². The summed E-state index contributed by atoms with van der Waals surface area (Å²) < 4.78 is 9.57. The van der Waals surface area contributed by atoms with Crippen LogP contribution in [0.15, 0.2) is 60.9 Å². The van der Waals surface area contributed by atoms with E-state index in [2.05, 4.69) is 31.4 Å². The molecule has 0 spiro atoms. The molecule has 8 nitrogen and oxygen atoms in total. The summed E-state index contributed by atoms with van der Waals surface area (Å²) in [6, 6.07) is 16.0. The van der Waals surface area contributed by atoms with Crippen LogP contribution in [0.5, 0.6) is 5.75 Å². The SMILES string of the molecule is CCCCN(Cc1nccn1C)c1nc2ccccc2c2nnc(-c3cccc(OC)c3)n12. The number of aromatic nitrogens is 6. The van der Waals surface area contributed by atoms with Crippen LogP contribution >= 0.6 is 0 Å². The molecular weight excluding hydrogens is 414 g/mol. The first-order valence-corrected chi connectivity index (χ1v) is 11.2. The third kappa shape index (κ3) is 3.88. The molecule has 0 aliphatic rings. The Balaban J connectivity index is 1.75. The van der Waals surface area contributed by atoms with Gasteiger partial charge in [-0.25, -0.2) is 14.4 Å². The lowest BCUT2D eigenvalue weighted by atomic mass is 10.2. The van der Waals surface area contributed by atoms with E-state index >= 15 is 0 Å². The highest BCUT2D eigenvalue weighted by Gasteiger charge is 2.21. The summed E-state index contributed by atoms with van der Waals surface area (Å²) in [5.74, 6) is 3.29. The second-order valence-electron chi connectivity index (χ2n) is 8.07. The van der Waals surface area contributed by atoms with Crippen molar-refractivity contribution >= 4 is 22.5 Å². The molecule has 0 fully saturated rings. The second kappa shape index (κ2) is 8.90. The molecule has 168 valence electrons. The lowest BCUT2D eigenvalue weighted by Crippen LogP contribution is -2.28. The summed E-state index contributed by atoms with van der Waals surface area (Å²) in [7, 11) is 3.69. The van der Waals surface area contributed by atoms with Crippen molar-refractivity contribution in [3.8, 4) is 17.1 Å². The van der Waals surface area contributed by atoms with Crippen molar-refractivity contribution in [3.05, 3.63) is 66.7 Å². The number of benzene rings is 2. The van der Waals surface area contributed by atoms with Crippen LogP contribution in [0.1, 0.15) is 25.6 Å². The molecule has 5 aromatic rings. The van der Waals surface area contributed by atoms with Gasteiger partial charge in [0.05, 0.1) is 19.2 Å². The van der Waals surface area contributed by atoms with E-state index in [0.717, 1.165) is 64.8 Å². The molecule has 0 aliphatic carbocycles. The third-order valence-electron chi connectivity index (χ3n) is 5.87. The molecule has 0 bridgehead atoms. The monoisotopic (exact) mass is 441 g/mol. The molecule has 0 saturated heterocycles. The molecule has 5 rings (SSSR count). The van der Waals surface area contributed by atoms with Crippen LogP contribution in [0, 0.1) is 0 Å². The van der Waals surface area contributed by atoms with Gasteiger partial charge in [-0.05, 0) is 30.7 Å². The first-order chi connectivity index (χ1) is 16.2. The minimum Gasteiger partial charge on any atom is -0.497 e. The van der Waals surface area contributed by atoms with Gasteiger partial charge in [0.25, 0.3) is 0 Å². The number of methoxy groups -OCH3 is 1. The van der Waals surface area contributed by atoms with E-state index in [1.165, 1.54) is 0 Å². The molecule has 3 aromatic heterocycles. The van der Waals surface area contributed by atoms with Gasteiger partial charge >= 0.3 is 0 Å². The highest BCUT2D eigenvalue weighted by atomic mass is 16.5. The van der Waals surface area contributed by atoms with E-state index in [1.807, 2.05) is 72.5 Å². The lowest BCUT2D eigenvalue weighted by molar-refractivity contribution is 0.415. The van der Waals surface area contributed by atoms with E-state index < -0.39 is 0 Å². The number of aryl methyl sites for hydroxylation is 1. The molecule has 2 aromatic carbocycles. The van der Waals surface area contributed by atoms with Gasteiger partial charge in [0.15, 0.2) is 11.5 Å². The molecule has 0 atom stereocenters. The van der Waals surface area contributed by atoms with Crippen molar-refractivity contribution in [2.24, 2.45) is 7.05 Å². The fourth-order valence-corrected chi connectivity index (χ4v) is 4.05. The zero-order chi connectivity index (χ0) is 22.8. The molecule has 0 N–H and O–H groups in total. The Labute approximate surface area is 192 Å². The Morgan fingerprint density at radius 2 is 1.94 bits per heavy atom. The van der Waals surface area contributed by atoms with Gasteiger partial charge < -0.3 is 14.2 Å². The third-order valence-corrected chi connectivity index (χ3v) is 5.87. The zero-order valence-electron chi connectivity index (χ0n) is 19.1. The number of para-hydroxylation sites is 1. The number of fused-ring (bicyclic) bond motifs is 3. The number of hydrogen-bond acceptors (Lipinski definition) is 6. The highest BCUT2D eigenvalue weighted by molar-refractivity contribution is 5.93. The quantitative estimate of drug-likeness (QED) is 0.353. The molecule has 3 heterocycles. The van der Waals surface area contributed by atoms with Crippen LogP contribution in [0.3, 0.4) is 0 Å². The first kappa shape index (κ1) is 20.9.